The molecular formula is C7H9NOS. The average molecular weight is 155 g/mol. The van der Waals surface area contributed by atoms with Crippen molar-refractivity contribution in [2.75, 3.05) is 5.73 Å². The third-order valence-electron chi connectivity index (χ3n) is 1.28. The summed E-state index contributed by atoms with van der Waals surface area (Å²) in [5, 5.41) is 0. The largest absolute Gasteiger partial charge is 0.398 e. The quantitative estimate of drug-likeness (QED) is 0.507. The average Bonchev–Trinajstić information content (AvgIpc) is 1.94. The molecule has 0 saturated carbocycles. The Morgan fingerprint density at radius 1 is 1.40 bits per heavy atom. The highest BCUT2D eigenvalue weighted by Crippen LogP contribution is 2.15. The summed E-state index contributed by atoms with van der Waals surface area (Å²) in [6.45, 7) is 0. The van der Waals surface area contributed by atoms with Crippen LogP contribution >= 0.6 is 12.0 Å². The predicted octanol–water partition coefficient (Wildman–Crippen LogP) is 1.98. The fourth-order valence-electron chi connectivity index (χ4n) is 0.735. The maximum atomic E-state index is 8.51. The number of nitrogen functional groups attached to an aromatic ring is 1. The minimum atomic E-state index is 0.562. The number of hydrogen-bond donors (Lipinski definition) is 2. The number of para-hydroxylation sites is 1. The summed E-state index contributed by atoms with van der Waals surface area (Å²) >= 11 is 0.789. The van der Waals surface area contributed by atoms with Crippen LogP contribution in [-0.2, 0) is 5.75 Å². The standard InChI is InChI=1S/C7H9NOS/c8-7-4-2-1-3-6(7)5-10-9/h1-4,9H,5,8H2. The molecule has 0 bridgehead atoms. The van der Waals surface area contributed by atoms with Gasteiger partial charge in [-0.1, -0.05) is 18.2 Å². The van der Waals surface area contributed by atoms with Gasteiger partial charge in [0.05, 0.1) is 0 Å². The molecule has 0 heterocycles. The molecule has 10 heavy (non-hydrogen) atoms. The second-order valence-electron chi connectivity index (χ2n) is 1.97. The Labute approximate surface area is 64.3 Å². The lowest BCUT2D eigenvalue weighted by Crippen LogP contribution is -1.90. The van der Waals surface area contributed by atoms with E-state index in [2.05, 4.69) is 0 Å². The van der Waals surface area contributed by atoms with Crippen molar-refractivity contribution in [1.82, 2.24) is 0 Å². The Balaban J connectivity index is 2.81. The molecule has 0 unspecified atom stereocenters. The van der Waals surface area contributed by atoms with Crippen LogP contribution in [0.5, 0.6) is 0 Å². The molecule has 2 nitrogen and oxygen atoms in total. The maximum absolute atomic E-state index is 8.51. The van der Waals surface area contributed by atoms with Gasteiger partial charge in [0.2, 0.25) is 0 Å². The Morgan fingerprint density at radius 3 is 2.70 bits per heavy atom. The van der Waals surface area contributed by atoms with E-state index >= 15 is 0 Å². The summed E-state index contributed by atoms with van der Waals surface area (Å²) in [5.74, 6) is 0.562. The molecule has 0 aliphatic rings. The summed E-state index contributed by atoms with van der Waals surface area (Å²) in [5.41, 5.74) is 7.30. The third-order valence-corrected chi connectivity index (χ3v) is 1.72. The summed E-state index contributed by atoms with van der Waals surface area (Å²) in [4.78, 5) is 0. The smallest absolute Gasteiger partial charge is 0.0466 e. The highest BCUT2D eigenvalue weighted by Gasteiger charge is 1.94. The van der Waals surface area contributed by atoms with Crippen LogP contribution in [-0.4, -0.2) is 4.55 Å². The highest BCUT2D eigenvalue weighted by atomic mass is 32.2. The molecule has 0 spiro atoms. The van der Waals surface area contributed by atoms with Gasteiger partial charge >= 0.3 is 0 Å². The van der Waals surface area contributed by atoms with Gasteiger partial charge in [0.15, 0.2) is 0 Å². The normalized spacial score (nSPS) is 9.70. The van der Waals surface area contributed by atoms with Crippen molar-refractivity contribution in [3.05, 3.63) is 29.8 Å². The van der Waals surface area contributed by atoms with Crippen molar-refractivity contribution in [1.29, 1.82) is 0 Å². The lowest BCUT2D eigenvalue weighted by molar-refractivity contribution is 0.663. The van der Waals surface area contributed by atoms with E-state index in [0.29, 0.717) is 5.75 Å². The van der Waals surface area contributed by atoms with Gasteiger partial charge in [-0.05, 0) is 23.7 Å². The topological polar surface area (TPSA) is 46.2 Å². The Morgan fingerprint density at radius 2 is 2.10 bits per heavy atom. The van der Waals surface area contributed by atoms with Crippen LogP contribution in [0.4, 0.5) is 5.69 Å². The number of benzene rings is 1. The first-order chi connectivity index (χ1) is 4.84. The van der Waals surface area contributed by atoms with E-state index in [-0.39, 0.29) is 0 Å². The van der Waals surface area contributed by atoms with Gasteiger partial charge in [-0.2, -0.15) is 0 Å². The number of hydrogen-bond acceptors (Lipinski definition) is 3. The van der Waals surface area contributed by atoms with Crippen LogP contribution < -0.4 is 5.73 Å². The molecule has 0 aromatic heterocycles. The number of anilines is 1. The predicted molar refractivity (Wildman–Crippen MR) is 44.8 cm³/mol. The SMILES string of the molecule is Nc1ccccc1CSO. The van der Waals surface area contributed by atoms with Gasteiger partial charge in [-0.3, -0.25) is 0 Å². The second kappa shape index (κ2) is 3.49. The van der Waals surface area contributed by atoms with E-state index in [1.165, 1.54) is 0 Å². The molecule has 0 saturated heterocycles. The van der Waals surface area contributed by atoms with Crippen LogP contribution in [0.15, 0.2) is 24.3 Å². The first-order valence-corrected chi connectivity index (χ1v) is 3.88. The van der Waals surface area contributed by atoms with Crippen LogP contribution in [0.2, 0.25) is 0 Å². The number of nitrogens with two attached hydrogens (primary N) is 1. The van der Waals surface area contributed by atoms with Crippen molar-refractivity contribution in [3.63, 3.8) is 0 Å². The molecule has 0 radical (unpaired) electrons. The molecule has 3 N–H and O–H groups in total. The molecule has 1 aromatic carbocycles. The lowest BCUT2D eigenvalue weighted by Gasteiger charge is -1.99. The fraction of sp³-hybridized carbons (Fsp3) is 0.143. The molecule has 54 valence electrons. The Hall–Kier alpha value is -0.670. The van der Waals surface area contributed by atoms with Gasteiger partial charge in [0, 0.05) is 11.4 Å². The molecule has 0 amide bonds. The summed E-state index contributed by atoms with van der Waals surface area (Å²) in [6, 6.07) is 7.51. The fourth-order valence-corrected chi connectivity index (χ4v) is 1.14. The minimum absolute atomic E-state index is 0.562. The van der Waals surface area contributed by atoms with Gasteiger partial charge in [-0.15, -0.1) is 0 Å². The van der Waals surface area contributed by atoms with Crippen molar-refractivity contribution in [2.24, 2.45) is 0 Å². The molecule has 0 atom stereocenters. The van der Waals surface area contributed by atoms with E-state index in [9.17, 15) is 0 Å². The molecule has 1 aromatic rings. The zero-order valence-corrected chi connectivity index (χ0v) is 6.27. The Kier molecular flexibility index (Phi) is 2.59. The molecule has 1 rings (SSSR count). The van der Waals surface area contributed by atoms with Crippen LogP contribution in [0, 0.1) is 0 Å². The van der Waals surface area contributed by atoms with Crippen LogP contribution in [0.1, 0.15) is 5.56 Å². The van der Waals surface area contributed by atoms with Crippen LogP contribution in [0.25, 0.3) is 0 Å². The van der Waals surface area contributed by atoms with Crippen molar-refractivity contribution in [2.45, 2.75) is 5.75 Å². The van der Waals surface area contributed by atoms with E-state index in [4.69, 9.17) is 10.3 Å². The molecule has 0 fully saturated rings. The van der Waals surface area contributed by atoms with E-state index in [0.717, 1.165) is 23.3 Å². The minimum Gasteiger partial charge on any atom is -0.398 e. The lowest BCUT2D eigenvalue weighted by atomic mass is 10.2. The zero-order valence-electron chi connectivity index (χ0n) is 5.45. The summed E-state index contributed by atoms with van der Waals surface area (Å²) in [7, 11) is 0. The highest BCUT2D eigenvalue weighted by molar-refractivity contribution is 7.92. The maximum Gasteiger partial charge on any atom is 0.0466 e. The first kappa shape index (κ1) is 7.44. The van der Waals surface area contributed by atoms with Gasteiger partial charge in [-0.25, -0.2) is 0 Å². The molecule has 0 aliphatic heterocycles. The van der Waals surface area contributed by atoms with Crippen molar-refractivity contribution in [3.8, 4) is 0 Å². The van der Waals surface area contributed by atoms with E-state index in [1.807, 2.05) is 24.3 Å². The molecular weight excluding hydrogens is 146 g/mol. The second-order valence-corrected chi connectivity index (χ2v) is 2.52. The summed E-state index contributed by atoms with van der Waals surface area (Å²) < 4.78 is 8.51. The van der Waals surface area contributed by atoms with Gasteiger partial charge in [0.1, 0.15) is 0 Å². The van der Waals surface area contributed by atoms with E-state index in [1.54, 1.807) is 0 Å². The summed E-state index contributed by atoms with van der Waals surface area (Å²) in [6.07, 6.45) is 0. The Bertz CT molecular complexity index is 215. The van der Waals surface area contributed by atoms with Crippen molar-refractivity contribution >= 4 is 17.7 Å². The third kappa shape index (κ3) is 1.65. The van der Waals surface area contributed by atoms with Crippen molar-refractivity contribution < 1.29 is 4.55 Å². The molecule has 3 heteroatoms. The molecule has 0 aliphatic carbocycles. The number of rotatable bonds is 2. The monoisotopic (exact) mass is 155 g/mol. The first-order valence-electron chi connectivity index (χ1n) is 2.94. The van der Waals surface area contributed by atoms with Gasteiger partial charge in [0.25, 0.3) is 0 Å². The zero-order chi connectivity index (χ0) is 7.40. The van der Waals surface area contributed by atoms with Crippen LogP contribution in [0.3, 0.4) is 0 Å². The van der Waals surface area contributed by atoms with E-state index < -0.39 is 0 Å². The van der Waals surface area contributed by atoms with Gasteiger partial charge < -0.3 is 10.3 Å².